The second-order valence-corrected chi connectivity index (χ2v) is 6.00. The molecule has 0 bridgehead atoms. The van der Waals surface area contributed by atoms with Gasteiger partial charge in [-0.3, -0.25) is 14.7 Å². The summed E-state index contributed by atoms with van der Waals surface area (Å²) in [5, 5.41) is 3.41. The van der Waals surface area contributed by atoms with Crippen LogP contribution in [0.5, 0.6) is 0 Å². The first kappa shape index (κ1) is 13.3. The van der Waals surface area contributed by atoms with Crippen molar-refractivity contribution in [3.63, 3.8) is 0 Å². The molecule has 1 aliphatic heterocycles. The molecule has 100 valence electrons. The standard InChI is InChI=1S/C13H28N4/c1-14-10-6-8-11(9-7-10)17-12(15(2)3)13(17)16(4)5/h10-14H,6-9H2,1-5H3. The van der Waals surface area contributed by atoms with Gasteiger partial charge in [0, 0.05) is 12.1 Å². The van der Waals surface area contributed by atoms with Crippen molar-refractivity contribution in [3.05, 3.63) is 0 Å². The van der Waals surface area contributed by atoms with Crippen LogP contribution >= 0.6 is 0 Å². The van der Waals surface area contributed by atoms with Crippen LogP contribution in [0.2, 0.25) is 0 Å². The summed E-state index contributed by atoms with van der Waals surface area (Å²) < 4.78 is 0. The Morgan fingerprint density at radius 2 is 1.35 bits per heavy atom. The van der Waals surface area contributed by atoms with Crippen LogP contribution in [-0.2, 0) is 0 Å². The fourth-order valence-electron chi connectivity index (χ4n) is 3.38. The number of nitrogens with zero attached hydrogens (tertiary/aromatic N) is 3. The minimum absolute atomic E-state index is 0.626. The van der Waals surface area contributed by atoms with Gasteiger partial charge in [0.15, 0.2) is 0 Å². The molecule has 2 aliphatic rings. The molecule has 2 unspecified atom stereocenters. The summed E-state index contributed by atoms with van der Waals surface area (Å²) >= 11 is 0. The van der Waals surface area contributed by atoms with Crippen molar-refractivity contribution in [2.75, 3.05) is 35.2 Å². The molecule has 0 aromatic heterocycles. The first-order valence-corrected chi connectivity index (χ1v) is 6.83. The zero-order valence-electron chi connectivity index (χ0n) is 12.0. The van der Waals surface area contributed by atoms with Crippen molar-refractivity contribution in [3.8, 4) is 0 Å². The second kappa shape index (κ2) is 5.22. The normalized spacial score (nSPS) is 42.2. The van der Waals surface area contributed by atoms with Gasteiger partial charge in [0.05, 0.1) is 12.3 Å². The number of nitrogens with one attached hydrogen (secondary N) is 1. The van der Waals surface area contributed by atoms with Crippen LogP contribution in [0.4, 0.5) is 0 Å². The Bertz CT molecular complexity index is 232. The van der Waals surface area contributed by atoms with Gasteiger partial charge < -0.3 is 5.32 Å². The van der Waals surface area contributed by atoms with Gasteiger partial charge in [-0.25, -0.2) is 0 Å². The highest BCUT2D eigenvalue weighted by molar-refractivity contribution is 5.03. The zero-order chi connectivity index (χ0) is 12.6. The topological polar surface area (TPSA) is 21.5 Å². The molecule has 0 radical (unpaired) electrons. The average molecular weight is 240 g/mol. The molecule has 0 spiro atoms. The summed E-state index contributed by atoms with van der Waals surface area (Å²) in [6.07, 6.45) is 6.61. The molecular weight excluding hydrogens is 212 g/mol. The minimum atomic E-state index is 0.626. The van der Waals surface area contributed by atoms with Crippen LogP contribution in [0.3, 0.4) is 0 Å². The van der Waals surface area contributed by atoms with Crippen LogP contribution < -0.4 is 5.32 Å². The highest BCUT2D eigenvalue weighted by Crippen LogP contribution is 2.39. The summed E-state index contributed by atoms with van der Waals surface area (Å²) in [6, 6.07) is 1.54. The number of hydrogen-bond donors (Lipinski definition) is 1. The maximum absolute atomic E-state index is 3.41. The van der Waals surface area contributed by atoms with Crippen LogP contribution in [-0.4, -0.2) is 74.4 Å². The van der Waals surface area contributed by atoms with Gasteiger partial charge in [0.25, 0.3) is 0 Å². The number of rotatable bonds is 4. The first-order chi connectivity index (χ1) is 8.06. The van der Waals surface area contributed by atoms with E-state index in [4.69, 9.17) is 0 Å². The van der Waals surface area contributed by atoms with Crippen LogP contribution in [0.25, 0.3) is 0 Å². The van der Waals surface area contributed by atoms with Gasteiger partial charge in [-0.05, 0) is 60.9 Å². The molecule has 17 heavy (non-hydrogen) atoms. The minimum Gasteiger partial charge on any atom is -0.317 e. The lowest BCUT2D eigenvalue weighted by Crippen LogP contribution is -2.37. The molecule has 2 fully saturated rings. The maximum Gasteiger partial charge on any atom is 0.0932 e. The molecule has 1 N–H and O–H groups in total. The lowest BCUT2D eigenvalue weighted by Gasteiger charge is -2.30. The molecule has 1 heterocycles. The van der Waals surface area contributed by atoms with Gasteiger partial charge in [0.1, 0.15) is 0 Å². The Morgan fingerprint density at radius 1 is 0.882 bits per heavy atom. The number of hydrogen-bond acceptors (Lipinski definition) is 4. The third kappa shape index (κ3) is 2.65. The monoisotopic (exact) mass is 240 g/mol. The third-order valence-electron chi connectivity index (χ3n) is 4.37. The van der Waals surface area contributed by atoms with Crippen LogP contribution in [0, 0.1) is 0 Å². The smallest absolute Gasteiger partial charge is 0.0932 e. The molecule has 2 rings (SSSR count). The van der Waals surface area contributed by atoms with Gasteiger partial charge in [-0.15, -0.1) is 0 Å². The fraction of sp³-hybridized carbons (Fsp3) is 1.00. The molecular formula is C13H28N4. The average Bonchev–Trinajstić information content (AvgIpc) is 3.04. The fourth-order valence-corrected chi connectivity index (χ4v) is 3.38. The summed E-state index contributed by atoms with van der Waals surface area (Å²) in [6.45, 7) is 0. The second-order valence-electron chi connectivity index (χ2n) is 6.00. The number of likely N-dealkylation sites (N-methyl/N-ethyl adjacent to an activating group) is 2. The highest BCUT2D eigenvalue weighted by atomic mass is 15.6. The van der Waals surface area contributed by atoms with E-state index in [0.29, 0.717) is 12.3 Å². The Balaban J connectivity index is 1.90. The molecule has 0 amide bonds. The molecule has 2 atom stereocenters. The quantitative estimate of drug-likeness (QED) is 0.727. The predicted octanol–water partition coefficient (Wildman–Crippen LogP) is 0.608. The third-order valence-corrected chi connectivity index (χ3v) is 4.37. The van der Waals surface area contributed by atoms with E-state index >= 15 is 0 Å². The largest absolute Gasteiger partial charge is 0.317 e. The molecule has 0 aromatic rings. The summed E-state index contributed by atoms with van der Waals surface area (Å²) in [7, 11) is 10.9. The molecule has 0 aromatic carbocycles. The summed E-state index contributed by atoms with van der Waals surface area (Å²) in [5.41, 5.74) is 0. The van der Waals surface area contributed by atoms with Crippen molar-refractivity contribution in [1.82, 2.24) is 20.0 Å². The maximum atomic E-state index is 3.41. The molecule has 4 nitrogen and oxygen atoms in total. The lowest BCUT2D eigenvalue weighted by atomic mass is 9.91. The van der Waals surface area contributed by atoms with E-state index in [0.717, 1.165) is 12.1 Å². The molecule has 4 heteroatoms. The highest BCUT2D eigenvalue weighted by Gasteiger charge is 2.54. The zero-order valence-corrected chi connectivity index (χ0v) is 12.0. The van der Waals surface area contributed by atoms with E-state index in [1.807, 2.05) is 0 Å². The van der Waals surface area contributed by atoms with E-state index < -0.39 is 0 Å². The molecule has 1 saturated carbocycles. The Morgan fingerprint density at radius 3 is 1.71 bits per heavy atom. The van der Waals surface area contributed by atoms with E-state index in [9.17, 15) is 0 Å². The van der Waals surface area contributed by atoms with E-state index in [1.54, 1.807) is 0 Å². The van der Waals surface area contributed by atoms with Crippen molar-refractivity contribution in [1.29, 1.82) is 0 Å². The SMILES string of the molecule is CNC1CCC(N2C(N(C)C)C2N(C)C)CC1. The van der Waals surface area contributed by atoms with Crippen molar-refractivity contribution in [2.45, 2.75) is 50.1 Å². The summed E-state index contributed by atoms with van der Waals surface area (Å²) in [4.78, 5) is 7.40. The molecule has 1 saturated heterocycles. The van der Waals surface area contributed by atoms with Crippen LogP contribution in [0.15, 0.2) is 0 Å². The Labute approximate surface area is 106 Å². The Hall–Kier alpha value is -0.160. The van der Waals surface area contributed by atoms with Gasteiger partial charge in [0.2, 0.25) is 0 Å². The van der Waals surface area contributed by atoms with E-state index in [1.165, 1.54) is 25.7 Å². The van der Waals surface area contributed by atoms with E-state index in [2.05, 4.69) is 55.3 Å². The van der Waals surface area contributed by atoms with E-state index in [-0.39, 0.29) is 0 Å². The predicted molar refractivity (Wildman–Crippen MR) is 71.9 cm³/mol. The first-order valence-electron chi connectivity index (χ1n) is 6.83. The van der Waals surface area contributed by atoms with Gasteiger partial charge >= 0.3 is 0 Å². The molecule has 1 aliphatic carbocycles. The lowest BCUT2D eigenvalue weighted by molar-refractivity contribution is 0.191. The van der Waals surface area contributed by atoms with Crippen molar-refractivity contribution in [2.24, 2.45) is 0 Å². The van der Waals surface area contributed by atoms with Crippen molar-refractivity contribution < 1.29 is 0 Å². The summed E-state index contributed by atoms with van der Waals surface area (Å²) in [5.74, 6) is 0. The van der Waals surface area contributed by atoms with Gasteiger partial charge in [-0.1, -0.05) is 0 Å². The van der Waals surface area contributed by atoms with Gasteiger partial charge in [-0.2, -0.15) is 0 Å². The van der Waals surface area contributed by atoms with Crippen LogP contribution in [0.1, 0.15) is 25.7 Å². The Kier molecular flexibility index (Phi) is 4.08. The van der Waals surface area contributed by atoms with Crippen molar-refractivity contribution >= 4 is 0 Å².